The summed E-state index contributed by atoms with van der Waals surface area (Å²) in [6, 6.07) is 1.73. The zero-order valence-electron chi connectivity index (χ0n) is 14.7. The van der Waals surface area contributed by atoms with E-state index in [4.69, 9.17) is 0 Å². The standard InChI is InChI=1S/C16H23N7O2S/c1-21-11-13(10-18-21)15-4-6-17-16(19-15)22-9-5-14(12-22)20-26(24,25)23-7-2-3-8-23/h4,6,10-11,14,20H,2-3,5,7-9,12H2,1H3. The first-order valence-electron chi connectivity index (χ1n) is 8.86. The Bertz CT molecular complexity index is 876. The van der Waals surface area contributed by atoms with Crippen molar-refractivity contribution >= 4 is 16.2 Å². The highest BCUT2D eigenvalue weighted by atomic mass is 32.2. The fourth-order valence-corrected chi connectivity index (χ4v) is 4.97. The van der Waals surface area contributed by atoms with Gasteiger partial charge in [-0.1, -0.05) is 0 Å². The zero-order chi connectivity index (χ0) is 18.1. The van der Waals surface area contributed by atoms with E-state index < -0.39 is 10.2 Å². The van der Waals surface area contributed by atoms with Crippen LogP contribution < -0.4 is 9.62 Å². The van der Waals surface area contributed by atoms with Gasteiger partial charge in [0.15, 0.2) is 0 Å². The summed E-state index contributed by atoms with van der Waals surface area (Å²) in [6.07, 6.45) is 8.02. The number of nitrogens with zero attached hydrogens (tertiary/aromatic N) is 6. The average Bonchev–Trinajstić information content (AvgIpc) is 3.36. The molecule has 140 valence electrons. The highest BCUT2D eigenvalue weighted by molar-refractivity contribution is 7.87. The summed E-state index contributed by atoms with van der Waals surface area (Å²) in [6.45, 7) is 2.53. The third-order valence-electron chi connectivity index (χ3n) is 4.84. The van der Waals surface area contributed by atoms with Gasteiger partial charge in [0.2, 0.25) is 5.95 Å². The fourth-order valence-electron chi connectivity index (χ4n) is 3.47. The van der Waals surface area contributed by atoms with E-state index in [2.05, 4.69) is 19.8 Å². The average molecular weight is 377 g/mol. The van der Waals surface area contributed by atoms with Gasteiger partial charge < -0.3 is 4.90 Å². The lowest BCUT2D eigenvalue weighted by molar-refractivity contribution is 0.455. The summed E-state index contributed by atoms with van der Waals surface area (Å²) in [4.78, 5) is 11.0. The Hall–Kier alpha value is -2.04. The summed E-state index contributed by atoms with van der Waals surface area (Å²) in [5, 5.41) is 4.17. The van der Waals surface area contributed by atoms with Crippen LogP contribution in [0.2, 0.25) is 0 Å². The molecule has 1 N–H and O–H groups in total. The molecule has 0 saturated carbocycles. The molecule has 9 nitrogen and oxygen atoms in total. The van der Waals surface area contributed by atoms with Gasteiger partial charge >= 0.3 is 0 Å². The Balaban J connectivity index is 1.44. The van der Waals surface area contributed by atoms with Crippen molar-refractivity contribution in [2.75, 3.05) is 31.1 Å². The Morgan fingerprint density at radius 3 is 2.77 bits per heavy atom. The molecule has 2 aliphatic rings. The molecule has 1 atom stereocenters. The highest BCUT2D eigenvalue weighted by Crippen LogP contribution is 2.22. The molecule has 26 heavy (non-hydrogen) atoms. The SMILES string of the molecule is Cn1cc(-c2ccnc(N3CCC(NS(=O)(=O)N4CCCC4)C3)n2)cn1. The van der Waals surface area contributed by atoms with E-state index in [1.807, 2.05) is 24.2 Å². The van der Waals surface area contributed by atoms with Crippen molar-refractivity contribution in [1.82, 2.24) is 28.8 Å². The van der Waals surface area contributed by atoms with Crippen molar-refractivity contribution < 1.29 is 8.42 Å². The molecule has 10 heteroatoms. The maximum atomic E-state index is 12.4. The second-order valence-corrected chi connectivity index (χ2v) is 8.51. The lowest BCUT2D eigenvalue weighted by Gasteiger charge is -2.20. The van der Waals surface area contributed by atoms with Crippen molar-refractivity contribution in [3.63, 3.8) is 0 Å². The number of anilines is 1. The van der Waals surface area contributed by atoms with E-state index >= 15 is 0 Å². The molecule has 1 unspecified atom stereocenters. The lowest BCUT2D eigenvalue weighted by atomic mass is 10.2. The van der Waals surface area contributed by atoms with Crippen molar-refractivity contribution in [2.24, 2.45) is 7.05 Å². The maximum absolute atomic E-state index is 12.4. The Morgan fingerprint density at radius 1 is 1.23 bits per heavy atom. The van der Waals surface area contributed by atoms with Crippen LogP contribution in [0.4, 0.5) is 5.95 Å². The maximum Gasteiger partial charge on any atom is 0.279 e. The third-order valence-corrected chi connectivity index (χ3v) is 6.51. The number of hydrogen-bond acceptors (Lipinski definition) is 6. The van der Waals surface area contributed by atoms with E-state index in [-0.39, 0.29) is 6.04 Å². The van der Waals surface area contributed by atoms with Crippen LogP contribution >= 0.6 is 0 Å². The minimum Gasteiger partial charge on any atom is -0.339 e. The second-order valence-electron chi connectivity index (χ2n) is 6.81. The zero-order valence-corrected chi connectivity index (χ0v) is 15.6. The van der Waals surface area contributed by atoms with Crippen LogP contribution in [0.1, 0.15) is 19.3 Å². The number of hydrogen-bond donors (Lipinski definition) is 1. The molecule has 4 heterocycles. The van der Waals surface area contributed by atoms with Crippen LogP contribution in [-0.2, 0) is 17.3 Å². The monoisotopic (exact) mass is 377 g/mol. The summed E-state index contributed by atoms with van der Waals surface area (Å²) in [5.41, 5.74) is 1.74. The molecule has 0 aromatic carbocycles. The Kier molecular flexibility index (Phi) is 4.63. The first-order chi connectivity index (χ1) is 12.5. The smallest absolute Gasteiger partial charge is 0.279 e. The summed E-state index contributed by atoms with van der Waals surface area (Å²) in [5.74, 6) is 0.620. The van der Waals surface area contributed by atoms with E-state index in [1.54, 1.807) is 17.1 Å². The fraction of sp³-hybridized carbons (Fsp3) is 0.562. The Labute approximate surface area is 153 Å². The summed E-state index contributed by atoms with van der Waals surface area (Å²) in [7, 11) is -1.53. The lowest BCUT2D eigenvalue weighted by Crippen LogP contribution is -2.45. The molecule has 4 rings (SSSR count). The number of nitrogens with one attached hydrogen (secondary N) is 1. The van der Waals surface area contributed by atoms with E-state index in [0.717, 1.165) is 37.1 Å². The first kappa shape index (κ1) is 17.4. The quantitative estimate of drug-likeness (QED) is 0.810. The number of rotatable bonds is 5. The molecule has 2 aliphatic heterocycles. The van der Waals surface area contributed by atoms with E-state index in [0.29, 0.717) is 25.6 Å². The van der Waals surface area contributed by atoms with Gasteiger partial charge in [0.25, 0.3) is 10.2 Å². The largest absolute Gasteiger partial charge is 0.339 e. The minimum absolute atomic E-state index is 0.119. The first-order valence-corrected chi connectivity index (χ1v) is 10.3. The third kappa shape index (κ3) is 3.57. The van der Waals surface area contributed by atoms with Crippen LogP contribution in [0, 0.1) is 0 Å². The number of aryl methyl sites for hydroxylation is 1. The topological polar surface area (TPSA) is 96.2 Å². The molecule has 0 bridgehead atoms. The van der Waals surface area contributed by atoms with Gasteiger partial charge in [-0.25, -0.2) is 9.97 Å². The molecule has 0 radical (unpaired) electrons. The van der Waals surface area contributed by atoms with Crippen LogP contribution in [0.3, 0.4) is 0 Å². The predicted octanol–water partition coefficient (Wildman–Crippen LogP) is 0.386. The van der Waals surface area contributed by atoms with E-state index in [1.165, 1.54) is 4.31 Å². The number of aromatic nitrogens is 4. The van der Waals surface area contributed by atoms with Gasteiger partial charge in [-0.05, 0) is 25.3 Å². The van der Waals surface area contributed by atoms with Gasteiger partial charge in [-0.2, -0.15) is 22.5 Å². The molecular formula is C16H23N7O2S. The van der Waals surface area contributed by atoms with Crippen molar-refractivity contribution in [1.29, 1.82) is 0 Å². The normalized spacial score (nSPS) is 21.6. The van der Waals surface area contributed by atoms with Gasteiger partial charge in [0.1, 0.15) is 0 Å². The van der Waals surface area contributed by atoms with Gasteiger partial charge in [-0.15, -0.1) is 0 Å². The molecule has 2 aromatic heterocycles. The van der Waals surface area contributed by atoms with Crippen molar-refractivity contribution in [2.45, 2.75) is 25.3 Å². The van der Waals surface area contributed by atoms with Crippen molar-refractivity contribution in [3.8, 4) is 11.3 Å². The minimum atomic E-state index is -3.39. The molecule has 0 spiro atoms. The highest BCUT2D eigenvalue weighted by Gasteiger charge is 2.32. The van der Waals surface area contributed by atoms with Crippen LogP contribution in [-0.4, -0.2) is 64.7 Å². The van der Waals surface area contributed by atoms with Crippen LogP contribution in [0.5, 0.6) is 0 Å². The molecule has 0 amide bonds. The second kappa shape index (κ2) is 6.93. The summed E-state index contributed by atoms with van der Waals surface area (Å²) < 4.78 is 31.0. The van der Waals surface area contributed by atoms with Crippen molar-refractivity contribution in [3.05, 3.63) is 24.7 Å². The van der Waals surface area contributed by atoms with Crippen LogP contribution in [0.15, 0.2) is 24.7 Å². The summed E-state index contributed by atoms with van der Waals surface area (Å²) >= 11 is 0. The van der Waals surface area contributed by atoms with Gasteiger partial charge in [0.05, 0.1) is 11.9 Å². The molecule has 2 aromatic rings. The van der Waals surface area contributed by atoms with Gasteiger partial charge in [-0.3, -0.25) is 4.68 Å². The molecular weight excluding hydrogens is 354 g/mol. The molecule has 2 fully saturated rings. The molecule has 0 aliphatic carbocycles. The Morgan fingerprint density at radius 2 is 2.04 bits per heavy atom. The predicted molar refractivity (Wildman–Crippen MR) is 97.7 cm³/mol. The van der Waals surface area contributed by atoms with Crippen LogP contribution in [0.25, 0.3) is 11.3 Å². The van der Waals surface area contributed by atoms with E-state index in [9.17, 15) is 8.42 Å². The molecule has 2 saturated heterocycles. The van der Waals surface area contributed by atoms with Gasteiger partial charge in [0, 0.05) is 57.2 Å².